The second-order valence-corrected chi connectivity index (χ2v) is 23.0. The minimum absolute atomic E-state index is 0.00606. The first kappa shape index (κ1) is 76.2. The number of fused-ring (bicyclic) bond motifs is 3. The molecule has 2 fully saturated rings. The maximum Gasteiger partial charge on any atom is 0.433 e. The van der Waals surface area contributed by atoms with Crippen molar-refractivity contribution in [2.75, 3.05) is 65.0 Å². The van der Waals surface area contributed by atoms with Crippen LogP contribution in [0.5, 0.6) is 0 Å². The van der Waals surface area contributed by atoms with Crippen molar-refractivity contribution in [2.24, 2.45) is 0 Å². The molecule has 12 aromatic heterocycles. The third kappa shape index (κ3) is 21.1. The highest BCUT2D eigenvalue weighted by Crippen LogP contribution is 2.34. The van der Waals surface area contributed by atoms with E-state index in [2.05, 4.69) is 105 Å². The average Bonchev–Trinajstić information content (AvgIpc) is 1.55. The Hall–Kier alpha value is -12.5. The van der Waals surface area contributed by atoms with Gasteiger partial charge in [0.2, 0.25) is 34.5 Å². The van der Waals surface area contributed by atoms with Crippen molar-refractivity contribution in [3.8, 4) is 34.6 Å². The third-order valence-electron chi connectivity index (χ3n) is 14.9. The molecule has 2 aliphatic heterocycles. The van der Waals surface area contributed by atoms with Crippen molar-refractivity contribution in [2.45, 2.75) is 50.0 Å². The number of carbonyl (C=O) groups excluding carboxylic acids is 3. The van der Waals surface area contributed by atoms with E-state index in [4.69, 9.17) is 22.4 Å². The Balaban J connectivity index is 0.000000160. The van der Waals surface area contributed by atoms with Crippen LogP contribution in [0.15, 0.2) is 190 Å². The fourth-order valence-electron chi connectivity index (χ4n) is 9.94. The summed E-state index contributed by atoms with van der Waals surface area (Å²) in [5.41, 5.74) is 6.10. The second-order valence-electron chi connectivity index (χ2n) is 22.7. The molecule has 28 nitrogen and oxygen atoms in total. The number of halogens is 10. The molecule has 12 aromatic rings. The Morgan fingerprint density at radius 2 is 0.962 bits per heavy atom. The number of allylic oxidation sites excluding steroid dienone is 1. The molecule has 2 aliphatic rings. The predicted molar refractivity (Wildman–Crippen MR) is 374 cm³/mol. The van der Waals surface area contributed by atoms with Gasteiger partial charge in [0.25, 0.3) is 0 Å². The molecule has 14 heterocycles. The van der Waals surface area contributed by atoms with Crippen molar-refractivity contribution in [1.82, 2.24) is 83.9 Å². The van der Waals surface area contributed by atoms with Gasteiger partial charge in [-0.2, -0.15) is 39.5 Å². The van der Waals surface area contributed by atoms with Crippen molar-refractivity contribution in [3.05, 3.63) is 207 Å². The molecule has 0 unspecified atom stereocenters. The largest absolute Gasteiger partial charge is 0.433 e. The van der Waals surface area contributed by atoms with E-state index in [1.165, 1.54) is 68.5 Å². The number of hydrogen-bond acceptors (Lipinski definition) is 23. The highest BCUT2D eigenvalue weighted by atomic mass is 35.5. The summed E-state index contributed by atoms with van der Waals surface area (Å²) in [4.78, 5) is 71.7. The highest BCUT2D eigenvalue weighted by molar-refractivity contribution is 6.66. The van der Waals surface area contributed by atoms with E-state index in [1.54, 1.807) is 91.4 Å². The molecular weight excluding hydrogens is 1430 g/mol. The van der Waals surface area contributed by atoms with E-state index in [1.807, 2.05) is 4.90 Å². The minimum atomic E-state index is -4.59. The summed E-state index contributed by atoms with van der Waals surface area (Å²) in [6.07, 6.45) is -0.599. The summed E-state index contributed by atoms with van der Waals surface area (Å²) in [6.45, 7) is 10.1. The Labute approximate surface area is 599 Å². The number of nitrogens with two attached hydrogens (primary N) is 1. The second kappa shape index (κ2) is 34.2. The monoisotopic (exact) mass is 1490 g/mol. The number of rotatable bonds is 16. The van der Waals surface area contributed by atoms with Gasteiger partial charge in [-0.3, -0.25) is 14.4 Å². The summed E-state index contributed by atoms with van der Waals surface area (Å²) in [6, 6.07) is 31.0. The number of nitrogens with zero attached hydrogens (tertiary/aromatic N) is 16. The van der Waals surface area contributed by atoms with E-state index in [9.17, 15) is 59.0 Å². The molecule has 2 atom stereocenters. The number of carbonyl (C=O) groups is 3. The lowest BCUT2D eigenvalue weighted by atomic mass is 10.3. The number of nitrogen functional groups attached to an aromatic ring is 1. The summed E-state index contributed by atoms with van der Waals surface area (Å²) in [5.74, 6) is 1.44. The number of alkyl halides is 9. The zero-order valence-electron chi connectivity index (χ0n) is 55.1. The van der Waals surface area contributed by atoms with Crippen LogP contribution in [0.1, 0.15) is 36.3 Å². The van der Waals surface area contributed by atoms with Gasteiger partial charge in [-0.25, -0.2) is 58.4 Å². The number of hydrogen-bond donors (Lipinski definition) is 9. The third-order valence-corrected chi connectivity index (χ3v) is 15.0. The smallest absolute Gasteiger partial charge is 0.392 e. The Morgan fingerprint density at radius 3 is 1.31 bits per heavy atom. The van der Waals surface area contributed by atoms with E-state index in [-0.39, 0.29) is 64.9 Å². The van der Waals surface area contributed by atoms with E-state index < -0.39 is 46.8 Å². The van der Waals surface area contributed by atoms with Crippen LogP contribution in [0, 0.1) is 0 Å². The Morgan fingerprint density at radius 1 is 0.547 bits per heavy atom. The number of nitrogens with one attached hydrogen (secondary N) is 6. The lowest BCUT2D eigenvalue weighted by Gasteiger charge is -2.14. The van der Waals surface area contributed by atoms with Crippen LogP contribution in [0.3, 0.4) is 0 Å². The van der Waals surface area contributed by atoms with Crippen LogP contribution in [0.25, 0.3) is 51.1 Å². The van der Waals surface area contributed by atoms with Crippen LogP contribution in [0.4, 0.5) is 91.5 Å². The molecule has 0 aromatic carbocycles. The molecule has 0 aliphatic carbocycles. The van der Waals surface area contributed by atoms with Gasteiger partial charge >= 0.3 is 18.5 Å². The number of likely N-dealkylation sites (tertiary alicyclic amines) is 1. The molecule has 0 spiro atoms. The summed E-state index contributed by atoms with van der Waals surface area (Å²) >= 11 is 4.71. The predicted octanol–water partition coefficient (Wildman–Crippen LogP) is 11.2. The zero-order valence-corrected chi connectivity index (χ0v) is 55.9. The standard InChI is InChI=1S/C24H23F3N8O2.C20H14F3N7O.C17H12F3N7.C4H9NO.C3H3ClO/c25-24(26,27)19-5-1-3-17(30-19)22-32-23(18-4-2-10-35(18)33-22)29-15-6-9-28-20(13-15)31-21(37)8-12-34-11-7-16(36)14-34;1-2-17(31)27-16-11-12(8-9-24-16)25-19-14-6-4-10-30(14)29-18(28-19)13-5-3-7-15(26-13)20(21,22)23;18-17(19,20)13-5-1-3-11(24-13)15-25-16(12-4-2-8-27(12)26-15)23-10-6-7-22-14(21)9-10;6-4-1-2-5-3-4;1-2-3(4)5/h1-6,9-10,13,16,36H,7-8,11-12,14H2,(H2,28,29,31,32,33,37);2-11H,1H2,(H2,24,25,27,28,29,31);1-9H,(H3,21,22,23,25,26);4-6H,1-3H2;2H,1H2/t16-;;;4-;/m1..1./s1. The van der Waals surface area contributed by atoms with Crippen molar-refractivity contribution >= 4 is 97.2 Å². The number of β-amino-alcohol motifs (C(OH)–C–C–N with tert-alkyl or cyclic N) is 2. The van der Waals surface area contributed by atoms with Crippen molar-refractivity contribution < 1.29 is 64.1 Å². The van der Waals surface area contributed by atoms with E-state index >= 15 is 0 Å². The zero-order chi connectivity index (χ0) is 75.7. The first-order valence-corrected chi connectivity index (χ1v) is 32.0. The first-order valence-electron chi connectivity index (χ1n) is 31.6. The van der Waals surface area contributed by atoms with Crippen LogP contribution in [-0.4, -0.2) is 151 Å². The molecule has 0 bridgehead atoms. The maximum atomic E-state index is 13.2. The van der Waals surface area contributed by atoms with Gasteiger partial charge in [-0.15, -0.1) is 15.3 Å². The van der Waals surface area contributed by atoms with Gasteiger partial charge in [0, 0.05) is 105 Å². The number of aliphatic hydroxyl groups is 2. The summed E-state index contributed by atoms with van der Waals surface area (Å²) in [5, 5.41) is 48.2. The van der Waals surface area contributed by atoms with Gasteiger partial charge in [0.05, 0.1) is 12.2 Å². The quantitative estimate of drug-likeness (QED) is 0.0246. The highest BCUT2D eigenvalue weighted by Gasteiger charge is 2.35. The minimum Gasteiger partial charge on any atom is -0.392 e. The molecular formula is C68H61ClF9N23O5. The molecule has 10 N–H and O–H groups in total. The van der Waals surface area contributed by atoms with Gasteiger partial charge < -0.3 is 52.7 Å². The molecule has 38 heteroatoms. The van der Waals surface area contributed by atoms with Crippen LogP contribution in [-0.2, 0) is 32.9 Å². The summed E-state index contributed by atoms with van der Waals surface area (Å²) in [7, 11) is 0. The molecule has 2 amide bonds. The SMILES string of the molecule is C=CC(=O)Cl.C=CC(=O)Nc1cc(Nc2nc(-c3cccc(C(F)(F)F)n3)nn3cccc23)ccn1.Nc1cc(Nc2nc(-c3cccc(C(F)(F)F)n3)nn3cccc23)ccn1.O=C(CCN1CC[C@@H](O)C1)Nc1cc(Nc2nc(-c3cccc(C(F)(F)F)n3)nn3cccc23)ccn1.O[C@@H]1CCNC1. The number of aliphatic hydroxyl groups excluding tert-OH is 2. The van der Waals surface area contributed by atoms with Crippen LogP contribution >= 0.6 is 11.6 Å². The topological polar surface area (TPSA) is 361 Å². The first-order chi connectivity index (χ1) is 50.6. The van der Waals surface area contributed by atoms with Crippen molar-refractivity contribution in [1.29, 1.82) is 0 Å². The lowest BCUT2D eigenvalue weighted by molar-refractivity contribution is -0.141. The molecule has 2 saturated heterocycles. The van der Waals surface area contributed by atoms with Gasteiger partial charge in [0.15, 0.2) is 17.5 Å². The number of aromatic nitrogens is 15. The van der Waals surface area contributed by atoms with Crippen molar-refractivity contribution in [3.63, 3.8) is 0 Å². The fourth-order valence-corrected chi connectivity index (χ4v) is 9.94. The molecule has 14 rings (SSSR count). The number of anilines is 9. The summed E-state index contributed by atoms with van der Waals surface area (Å²) < 4.78 is 122. The van der Waals surface area contributed by atoms with Gasteiger partial charge in [-0.1, -0.05) is 31.4 Å². The normalized spacial score (nSPS) is 14.2. The van der Waals surface area contributed by atoms with Gasteiger partial charge in [0.1, 0.15) is 68.2 Å². The maximum absolute atomic E-state index is 13.2. The fraction of sp³-hybridized carbons (Fsp3) is 0.191. The lowest BCUT2D eigenvalue weighted by Crippen LogP contribution is -2.26. The van der Waals surface area contributed by atoms with Crippen LogP contribution in [0.2, 0.25) is 0 Å². The van der Waals surface area contributed by atoms with Gasteiger partial charge in [-0.05, 0) is 134 Å². The molecule has 106 heavy (non-hydrogen) atoms. The van der Waals surface area contributed by atoms with Crippen LogP contribution < -0.4 is 37.6 Å². The number of pyridine rings is 6. The van der Waals surface area contributed by atoms with E-state index in [0.29, 0.717) is 82.2 Å². The number of amides is 2. The Kier molecular flexibility index (Phi) is 24.6. The molecule has 0 radical (unpaired) electrons. The molecule has 0 saturated carbocycles. The van der Waals surface area contributed by atoms with E-state index in [0.717, 1.165) is 56.4 Å². The average molecular weight is 1490 g/mol. The molecule has 548 valence electrons. The Bertz CT molecular complexity index is 5090.